The molecule has 1 aromatic rings. The molecule has 0 aliphatic rings. The fraction of sp³-hybridized carbons (Fsp3) is 0.462. The Morgan fingerprint density at radius 2 is 2.12 bits per heavy atom. The van der Waals surface area contributed by atoms with E-state index in [4.69, 9.17) is 4.74 Å². The van der Waals surface area contributed by atoms with Crippen LogP contribution in [0.5, 0.6) is 5.75 Å². The lowest BCUT2D eigenvalue weighted by molar-refractivity contribution is -0.118. The largest absolute Gasteiger partial charge is 0.494 e. The van der Waals surface area contributed by atoms with Crippen LogP contribution in [-0.4, -0.2) is 19.6 Å². The maximum atomic E-state index is 13.2. The number of carbonyl (C=O) groups is 1. The van der Waals surface area contributed by atoms with Gasteiger partial charge in [0.25, 0.3) is 0 Å². The van der Waals surface area contributed by atoms with Gasteiger partial charge in [-0.1, -0.05) is 13.0 Å². The van der Waals surface area contributed by atoms with E-state index in [1.54, 1.807) is 6.92 Å². The molecule has 0 N–H and O–H groups in total. The fourth-order valence-corrected chi connectivity index (χ4v) is 1.81. The number of rotatable bonds is 5. The van der Waals surface area contributed by atoms with Crippen LogP contribution in [0.4, 0.5) is 8.78 Å². The molecule has 1 unspecified atom stereocenters. The number of benzene rings is 1. The Bertz CT molecular complexity index is 418. The summed E-state index contributed by atoms with van der Waals surface area (Å²) < 4.78 is 31.2. The minimum atomic E-state index is -0.924. The predicted molar refractivity (Wildman–Crippen MR) is 61.6 cm³/mol. The van der Waals surface area contributed by atoms with Gasteiger partial charge in [-0.05, 0) is 24.6 Å². The second kappa shape index (κ2) is 5.25. The molecule has 0 saturated carbocycles. The number of Topliss-reactive ketones (excluding diaryl/α,β-unsaturated/α-hetero) is 1. The molecule has 0 spiro atoms. The molecule has 0 aliphatic heterocycles. The van der Waals surface area contributed by atoms with Crippen LogP contribution in [0.3, 0.4) is 0 Å². The van der Waals surface area contributed by atoms with Gasteiger partial charge in [-0.15, -0.1) is 0 Å². The third kappa shape index (κ3) is 3.02. The molecule has 0 saturated heterocycles. The lowest BCUT2D eigenvalue weighted by Gasteiger charge is -2.26. The third-order valence-corrected chi connectivity index (χ3v) is 2.78. The molecule has 0 radical (unpaired) electrons. The number of hydrogen-bond donors (Lipinski definition) is 0. The Morgan fingerprint density at radius 1 is 1.47 bits per heavy atom. The van der Waals surface area contributed by atoms with E-state index in [1.165, 1.54) is 32.2 Å². The Hall–Kier alpha value is -1.45. The van der Waals surface area contributed by atoms with Crippen molar-refractivity contribution < 1.29 is 18.3 Å². The van der Waals surface area contributed by atoms with E-state index in [0.717, 1.165) is 0 Å². The number of ether oxygens (including phenoxy) is 1. The first-order chi connectivity index (χ1) is 7.92. The van der Waals surface area contributed by atoms with E-state index in [2.05, 4.69) is 0 Å². The van der Waals surface area contributed by atoms with E-state index >= 15 is 0 Å². The van der Waals surface area contributed by atoms with Crippen LogP contribution in [0.15, 0.2) is 18.2 Å². The molecule has 4 heteroatoms. The van der Waals surface area contributed by atoms with E-state index in [-0.39, 0.29) is 18.0 Å². The molecule has 94 valence electrons. The molecule has 1 rings (SSSR count). The van der Waals surface area contributed by atoms with Crippen LogP contribution in [0, 0.1) is 5.82 Å². The lowest BCUT2D eigenvalue weighted by Crippen LogP contribution is -2.27. The second-order valence-corrected chi connectivity index (χ2v) is 4.42. The minimum Gasteiger partial charge on any atom is -0.494 e. The SMILES string of the molecule is COc1cc(C(C)(CF)CC(C)=O)ccc1F. The Morgan fingerprint density at radius 3 is 2.59 bits per heavy atom. The average molecular weight is 242 g/mol. The van der Waals surface area contributed by atoms with Gasteiger partial charge in [0.15, 0.2) is 11.6 Å². The van der Waals surface area contributed by atoms with Crippen molar-refractivity contribution in [2.45, 2.75) is 25.7 Å². The van der Waals surface area contributed by atoms with Crippen molar-refractivity contribution in [3.63, 3.8) is 0 Å². The van der Waals surface area contributed by atoms with Gasteiger partial charge < -0.3 is 4.74 Å². The van der Waals surface area contributed by atoms with Gasteiger partial charge >= 0.3 is 0 Å². The molecular weight excluding hydrogens is 226 g/mol. The van der Waals surface area contributed by atoms with Crippen LogP contribution < -0.4 is 4.74 Å². The summed E-state index contributed by atoms with van der Waals surface area (Å²) in [5, 5.41) is 0. The molecule has 1 atom stereocenters. The number of alkyl halides is 1. The molecule has 0 amide bonds. The van der Waals surface area contributed by atoms with Gasteiger partial charge in [0.2, 0.25) is 0 Å². The summed E-state index contributed by atoms with van der Waals surface area (Å²) >= 11 is 0. The minimum absolute atomic E-state index is 0.0609. The topological polar surface area (TPSA) is 26.3 Å². The molecule has 0 fully saturated rings. The Kier molecular flexibility index (Phi) is 4.21. The first-order valence-corrected chi connectivity index (χ1v) is 5.32. The summed E-state index contributed by atoms with van der Waals surface area (Å²) in [5.74, 6) is -0.542. The maximum Gasteiger partial charge on any atom is 0.165 e. The highest BCUT2D eigenvalue weighted by atomic mass is 19.1. The van der Waals surface area contributed by atoms with Crippen LogP contribution in [0.2, 0.25) is 0 Å². The molecule has 1 aromatic carbocycles. The normalized spacial score (nSPS) is 14.2. The summed E-state index contributed by atoms with van der Waals surface area (Å²) in [5.41, 5.74) is -0.360. The van der Waals surface area contributed by atoms with Crippen molar-refractivity contribution in [2.75, 3.05) is 13.8 Å². The molecule has 0 bridgehead atoms. The number of halogens is 2. The summed E-state index contributed by atoms with van der Waals surface area (Å²) in [6.07, 6.45) is 0.0816. The zero-order valence-electron chi connectivity index (χ0n) is 10.2. The quantitative estimate of drug-likeness (QED) is 0.793. The Balaban J connectivity index is 3.15. The first kappa shape index (κ1) is 13.6. The number of ketones is 1. The number of hydrogen-bond acceptors (Lipinski definition) is 2. The first-order valence-electron chi connectivity index (χ1n) is 5.32. The lowest BCUT2D eigenvalue weighted by atomic mass is 9.79. The average Bonchev–Trinajstić information content (AvgIpc) is 2.28. The third-order valence-electron chi connectivity index (χ3n) is 2.78. The van der Waals surface area contributed by atoms with Crippen molar-refractivity contribution in [3.05, 3.63) is 29.6 Å². The monoisotopic (exact) mass is 242 g/mol. The predicted octanol–water partition coefficient (Wildman–Crippen LogP) is 3.04. The summed E-state index contributed by atoms with van der Waals surface area (Å²) in [6, 6.07) is 4.15. The zero-order chi connectivity index (χ0) is 13.1. The maximum absolute atomic E-state index is 13.2. The highest BCUT2D eigenvalue weighted by Crippen LogP contribution is 2.32. The van der Waals surface area contributed by atoms with Crippen LogP contribution in [0.25, 0.3) is 0 Å². The molecule has 2 nitrogen and oxygen atoms in total. The standard InChI is InChI=1S/C13H16F2O2/c1-9(16)7-13(2,8-14)10-4-5-11(15)12(6-10)17-3/h4-6H,7-8H2,1-3H3. The van der Waals surface area contributed by atoms with Crippen molar-refractivity contribution in [3.8, 4) is 5.75 Å². The van der Waals surface area contributed by atoms with Gasteiger partial charge in [0.1, 0.15) is 5.78 Å². The van der Waals surface area contributed by atoms with E-state index in [1.807, 2.05) is 0 Å². The number of methoxy groups -OCH3 is 1. The van der Waals surface area contributed by atoms with Crippen LogP contribution in [-0.2, 0) is 10.2 Å². The fourth-order valence-electron chi connectivity index (χ4n) is 1.81. The summed E-state index contributed by atoms with van der Waals surface area (Å²) in [6.45, 7) is 2.37. The van der Waals surface area contributed by atoms with Crippen molar-refractivity contribution in [2.24, 2.45) is 0 Å². The van der Waals surface area contributed by atoms with Gasteiger partial charge in [-0.25, -0.2) is 4.39 Å². The van der Waals surface area contributed by atoms with Crippen LogP contribution >= 0.6 is 0 Å². The molecule has 0 heterocycles. The van der Waals surface area contributed by atoms with Crippen LogP contribution in [0.1, 0.15) is 25.8 Å². The van der Waals surface area contributed by atoms with Gasteiger partial charge in [-0.2, -0.15) is 0 Å². The van der Waals surface area contributed by atoms with E-state index < -0.39 is 17.9 Å². The summed E-state index contributed by atoms with van der Waals surface area (Å²) in [4.78, 5) is 11.1. The summed E-state index contributed by atoms with van der Waals surface area (Å²) in [7, 11) is 1.35. The van der Waals surface area contributed by atoms with Crippen molar-refractivity contribution >= 4 is 5.78 Å². The van der Waals surface area contributed by atoms with Gasteiger partial charge in [-0.3, -0.25) is 9.18 Å². The second-order valence-electron chi connectivity index (χ2n) is 4.42. The zero-order valence-corrected chi connectivity index (χ0v) is 10.2. The van der Waals surface area contributed by atoms with Crippen molar-refractivity contribution in [1.82, 2.24) is 0 Å². The number of carbonyl (C=O) groups excluding carboxylic acids is 1. The van der Waals surface area contributed by atoms with E-state index in [0.29, 0.717) is 5.56 Å². The highest BCUT2D eigenvalue weighted by molar-refractivity contribution is 5.77. The van der Waals surface area contributed by atoms with E-state index in [9.17, 15) is 13.6 Å². The van der Waals surface area contributed by atoms with Gasteiger partial charge in [0, 0.05) is 11.8 Å². The smallest absolute Gasteiger partial charge is 0.165 e. The Labute approximate surface area is 99.6 Å². The molecule has 0 aromatic heterocycles. The molecule has 17 heavy (non-hydrogen) atoms. The highest BCUT2D eigenvalue weighted by Gasteiger charge is 2.29. The molecular formula is C13H16F2O2. The van der Waals surface area contributed by atoms with Gasteiger partial charge in [0.05, 0.1) is 13.8 Å². The van der Waals surface area contributed by atoms with Crippen molar-refractivity contribution in [1.29, 1.82) is 0 Å². The molecule has 0 aliphatic carbocycles.